The minimum atomic E-state index is -3.75. The Balaban J connectivity index is 2.23. The van der Waals surface area contributed by atoms with Gasteiger partial charge < -0.3 is 0 Å². The van der Waals surface area contributed by atoms with Crippen molar-refractivity contribution in [1.82, 2.24) is 4.31 Å². The molecule has 1 aliphatic rings. The lowest BCUT2D eigenvalue weighted by Gasteiger charge is -2.37. The van der Waals surface area contributed by atoms with Gasteiger partial charge in [-0.3, -0.25) is 0 Å². The number of sulfone groups is 1. The molecule has 2 rings (SSSR count). The normalized spacial score (nSPS) is 17.9. The van der Waals surface area contributed by atoms with Crippen LogP contribution in [0.4, 0.5) is 4.39 Å². The van der Waals surface area contributed by atoms with Gasteiger partial charge in [0.2, 0.25) is 10.0 Å². The Labute approximate surface area is 118 Å². The fourth-order valence-corrected chi connectivity index (χ4v) is 5.31. The highest BCUT2D eigenvalue weighted by molar-refractivity contribution is 7.92. The number of halogens is 1. The number of nitrogens with zero attached hydrogens (tertiary/aromatic N) is 1. The number of aryl methyl sites for hydroxylation is 1. The lowest BCUT2D eigenvalue weighted by molar-refractivity contribution is 0.309. The average molecular weight is 321 g/mol. The van der Waals surface area contributed by atoms with Crippen LogP contribution in [0, 0.1) is 12.7 Å². The quantitative estimate of drug-likeness (QED) is 0.827. The molecule has 5 nitrogen and oxygen atoms in total. The molecule has 1 aromatic carbocycles. The Morgan fingerprint density at radius 2 is 1.85 bits per heavy atom. The molecule has 0 unspecified atom stereocenters. The van der Waals surface area contributed by atoms with E-state index in [1.165, 1.54) is 19.9 Å². The van der Waals surface area contributed by atoms with Crippen LogP contribution in [-0.4, -0.2) is 45.2 Å². The molecule has 0 aliphatic carbocycles. The van der Waals surface area contributed by atoms with E-state index >= 15 is 0 Å². The molecule has 1 heterocycles. The van der Waals surface area contributed by atoms with Crippen LogP contribution in [0.1, 0.15) is 12.5 Å². The Kier molecular flexibility index (Phi) is 3.92. The highest BCUT2D eigenvalue weighted by Crippen LogP contribution is 2.27. The summed E-state index contributed by atoms with van der Waals surface area (Å²) in [5.41, 5.74) is 0.312. The van der Waals surface area contributed by atoms with Crippen molar-refractivity contribution in [1.29, 1.82) is 0 Å². The molecule has 0 amide bonds. The van der Waals surface area contributed by atoms with Crippen LogP contribution in [0.25, 0.3) is 0 Å². The highest BCUT2D eigenvalue weighted by Gasteiger charge is 2.43. The van der Waals surface area contributed by atoms with E-state index in [4.69, 9.17) is 0 Å². The number of sulfonamides is 1. The van der Waals surface area contributed by atoms with E-state index in [1.54, 1.807) is 0 Å². The molecule has 1 aliphatic heterocycles. The van der Waals surface area contributed by atoms with E-state index in [2.05, 4.69) is 0 Å². The topological polar surface area (TPSA) is 71.5 Å². The van der Waals surface area contributed by atoms with E-state index in [1.807, 2.05) is 0 Å². The molecule has 112 valence electrons. The fraction of sp³-hybridized carbons (Fsp3) is 0.500. The summed E-state index contributed by atoms with van der Waals surface area (Å²) in [4.78, 5) is 0.0197. The Hall–Kier alpha value is -0.990. The molecular weight excluding hydrogens is 305 g/mol. The maximum Gasteiger partial charge on any atom is 0.243 e. The maximum absolute atomic E-state index is 13.0. The van der Waals surface area contributed by atoms with E-state index in [-0.39, 0.29) is 23.7 Å². The first-order valence-corrected chi connectivity index (χ1v) is 9.32. The Bertz CT molecular complexity index is 722. The van der Waals surface area contributed by atoms with Crippen LogP contribution in [0.2, 0.25) is 0 Å². The number of rotatable bonds is 4. The van der Waals surface area contributed by atoms with Crippen LogP contribution < -0.4 is 0 Å². The van der Waals surface area contributed by atoms with E-state index in [9.17, 15) is 21.2 Å². The largest absolute Gasteiger partial charge is 0.243 e. The molecule has 0 bridgehead atoms. The summed E-state index contributed by atoms with van der Waals surface area (Å²) in [7, 11) is -6.97. The predicted molar refractivity (Wildman–Crippen MR) is 73.1 cm³/mol. The van der Waals surface area contributed by atoms with E-state index < -0.39 is 30.9 Å². The average Bonchev–Trinajstić information content (AvgIpc) is 2.25. The third kappa shape index (κ3) is 2.59. The Morgan fingerprint density at radius 3 is 2.35 bits per heavy atom. The van der Waals surface area contributed by atoms with Crippen molar-refractivity contribution < 1.29 is 21.2 Å². The number of hydrogen-bond acceptors (Lipinski definition) is 4. The number of hydrogen-bond donors (Lipinski definition) is 0. The van der Waals surface area contributed by atoms with Crippen molar-refractivity contribution in [2.24, 2.45) is 0 Å². The van der Waals surface area contributed by atoms with Gasteiger partial charge in [0.1, 0.15) is 5.82 Å². The van der Waals surface area contributed by atoms with Crippen molar-refractivity contribution in [3.8, 4) is 0 Å². The second-order valence-corrected chi connectivity index (χ2v) is 9.28. The molecule has 0 radical (unpaired) electrons. The minimum Gasteiger partial charge on any atom is -0.228 e. The molecule has 0 atom stereocenters. The highest BCUT2D eigenvalue weighted by atomic mass is 32.2. The third-order valence-corrected chi connectivity index (χ3v) is 7.59. The zero-order valence-corrected chi connectivity index (χ0v) is 12.8. The zero-order valence-electron chi connectivity index (χ0n) is 11.2. The van der Waals surface area contributed by atoms with Gasteiger partial charge in [-0.05, 0) is 30.7 Å². The van der Waals surface area contributed by atoms with Crippen LogP contribution >= 0.6 is 0 Å². The van der Waals surface area contributed by atoms with Crippen molar-refractivity contribution in [2.75, 3.05) is 18.8 Å². The smallest absolute Gasteiger partial charge is 0.228 e. The number of benzene rings is 1. The van der Waals surface area contributed by atoms with Gasteiger partial charge in [-0.2, -0.15) is 4.31 Å². The second kappa shape index (κ2) is 5.09. The molecule has 20 heavy (non-hydrogen) atoms. The first kappa shape index (κ1) is 15.4. The van der Waals surface area contributed by atoms with Gasteiger partial charge in [-0.15, -0.1) is 0 Å². The van der Waals surface area contributed by atoms with Gasteiger partial charge in [0.15, 0.2) is 9.84 Å². The molecule has 0 spiro atoms. The van der Waals surface area contributed by atoms with E-state index in [0.717, 1.165) is 16.4 Å². The summed E-state index contributed by atoms with van der Waals surface area (Å²) in [6.45, 7) is 2.98. The van der Waals surface area contributed by atoms with Gasteiger partial charge >= 0.3 is 0 Å². The summed E-state index contributed by atoms with van der Waals surface area (Å²) >= 11 is 0. The third-order valence-electron chi connectivity index (χ3n) is 3.48. The lowest BCUT2D eigenvalue weighted by Crippen LogP contribution is -2.57. The fourth-order valence-electron chi connectivity index (χ4n) is 2.10. The molecule has 1 aromatic rings. The van der Waals surface area contributed by atoms with Gasteiger partial charge in [-0.25, -0.2) is 21.2 Å². The van der Waals surface area contributed by atoms with Crippen molar-refractivity contribution in [2.45, 2.75) is 24.0 Å². The summed E-state index contributed by atoms with van der Waals surface area (Å²) < 4.78 is 62.0. The van der Waals surface area contributed by atoms with Crippen LogP contribution in [0.3, 0.4) is 0 Å². The molecule has 1 saturated heterocycles. The standard InChI is InChI=1S/C12H16FNO4S2/c1-3-19(15,16)11-7-14(8-11)20(17,18)12-5-4-10(13)6-9(12)2/h4-6,11H,3,7-8H2,1-2H3. The van der Waals surface area contributed by atoms with E-state index in [0.29, 0.717) is 5.56 Å². The lowest BCUT2D eigenvalue weighted by atomic mass is 10.2. The monoisotopic (exact) mass is 321 g/mol. The predicted octanol–water partition coefficient (Wildman–Crippen LogP) is 0.942. The van der Waals surface area contributed by atoms with Crippen LogP contribution in [-0.2, 0) is 19.9 Å². The summed E-state index contributed by atoms with van der Waals surface area (Å²) in [5.74, 6) is -0.502. The molecule has 0 aromatic heterocycles. The SMILES string of the molecule is CCS(=O)(=O)C1CN(S(=O)(=O)c2ccc(F)cc2C)C1. The minimum absolute atomic E-state index is 0.00112. The molecule has 8 heteroatoms. The Morgan fingerprint density at radius 1 is 1.25 bits per heavy atom. The zero-order chi connectivity index (χ0) is 15.1. The summed E-state index contributed by atoms with van der Waals surface area (Å²) in [6.07, 6.45) is 0. The second-order valence-electron chi connectivity index (χ2n) is 4.81. The molecule has 1 fully saturated rings. The first-order valence-electron chi connectivity index (χ1n) is 6.16. The van der Waals surface area contributed by atoms with Gasteiger partial charge in [0.05, 0.1) is 10.1 Å². The maximum atomic E-state index is 13.0. The van der Waals surface area contributed by atoms with Crippen LogP contribution in [0.5, 0.6) is 0 Å². The van der Waals surface area contributed by atoms with Crippen LogP contribution in [0.15, 0.2) is 23.1 Å². The van der Waals surface area contributed by atoms with Crippen molar-refractivity contribution in [3.63, 3.8) is 0 Å². The van der Waals surface area contributed by atoms with Crippen molar-refractivity contribution in [3.05, 3.63) is 29.6 Å². The summed E-state index contributed by atoms with van der Waals surface area (Å²) in [6, 6.07) is 3.44. The van der Waals surface area contributed by atoms with Gasteiger partial charge in [-0.1, -0.05) is 6.92 Å². The molecular formula is C12H16FNO4S2. The molecule has 0 saturated carbocycles. The first-order chi connectivity index (χ1) is 9.18. The molecule has 0 N–H and O–H groups in total. The van der Waals surface area contributed by atoms with Crippen molar-refractivity contribution >= 4 is 19.9 Å². The van der Waals surface area contributed by atoms with Gasteiger partial charge in [0, 0.05) is 18.8 Å². The van der Waals surface area contributed by atoms with Gasteiger partial charge in [0.25, 0.3) is 0 Å². The summed E-state index contributed by atoms with van der Waals surface area (Å²) in [5, 5.41) is -0.636.